The number of amides is 1. The summed E-state index contributed by atoms with van der Waals surface area (Å²) in [6.45, 7) is 2.19. The highest BCUT2D eigenvalue weighted by atomic mass is 19.1. The van der Waals surface area contributed by atoms with Gasteiger partial charge < -0.3 is 9.80 Å². The Morgan fingerprint density at radius 3 is 2.42 bits per heavy atom. The summed E-state index contributed by atoms with van der Waals surface area (Å²) < 4.78 is 16.8. The van der Waals surface area contributed by atoms with Crippen LogP contribution in [0, 0.1) is 17.1 Å². The fraction of sp³-hybridized carbons (Fsp3) is 0.138. The Labute approximate surface area is 218 Å². The van der Waals surface area contributed by atoms with Crippen LogP contribution in [0.25, 0.3) is 28.0 Å². The maximum atomic E-state index is 15.0. The Bertz CT molecular complexity index is 1680. The number of rotatable bonds is 4. The quantitative estimate of drug-likeness (QED) is 0.360. The number of piperazine rings is 1. The molecule has 0 saturated carbocycles. The molecule has 0 aliphatic carbocycles. The molecule has 1 aliphatic rings. The number of nitrogens with zero attached hydrogens (tertiary/aromatic N) is 7. The number of anilines is 1. The molecular formula is C29H22FN7O. The van der Waals surface area contributed by atoms with Gasteiger partial charge in [0.15, 0.2) is 5.65 Å². The molecule has 1 saturated heterocycles. The number of fused-ring (bicyclic) bond motifs is 1. The summed E-state index contributed by atoms with van der Waals surface area (Å²) >= 11 is 0. The van der Waals surface area contributed by atoms with Crippen molar-refractivity contribution in [1.29, 1.82) is 5.26 Å². The van der Waals surface area contributed by atoms with Crippen molar-refractivity contribution < 1.29 is 9.18 Å². The molecule has 3 aromatic heterocycles. The van der Waals surface area contributed by atoms with Crippen LogP contribution < -0.4 is 4.90 Å². The van der Waals surface area contributed by atoms with Crippen LogP contribution in [0.4, 0.5) is 10.2 Å². The molecule has 0 spiro atoms. The molecule has 0 bridgehead atoms. The highest BCUT2D eigenvalue weighted by molar-refractivity contribution is 6.02. The third kappa shape index (κ3) is 4.12. The largest absolute Gasteiger partial charge is 0.352 e. The zero-order valence-corrected chi connectivity index (χ0v) is 20.3. The maximum absolute atomic E-state index is 15.0. The Morgan fingerprint density at radius 2 is 1.66 bits per heavy atom. The normalized spacial score (nSPS) is 13.5. The van der Waals surface area contributed by atoms with Crippen molar-refractivity contribution >= 4 is 22.8 Å². The summed E-state index contributed by atoms with van der Waals surface area (Å²) in [4.78, 5) is 30.5. The van der Waals surface area contributed by atoms with Crippen LogP contribution in [0.1, 0.15) is 15.9 Å². The van der Waals surface area contributed by atoms with Crippen molar-refractivity contribution in [1.82, 2.24) is 24.4 Å². The Kier molecular flexibility index (Phi) is 5.98. The van der Waals surface area contributed by atoms with Crippen molar-refractivity contribution in [3.05, 3.63) is 102 Å². The fourth-order valence-corrected chi connectivity index (χ4v) is 4.85. The molecule has 0 unspecified atom stereocenters. The first-order chi connectivity index (χ1) is 18.6. The van der Waals surface area contributed by atoms with Gasteiger partial charge in [0.25, 0.3) is 5.91 Å². The first-order valence-electron chi connectivity index (χ1n) is 12.2. The first-order valence-corrected chi connectivity index (χ1v) is 12.2. The van der Waals surface area contributed by atoms with Crippen LogP contribution >= 0.6 is 0 Å². The predicted octanol–water partition coefficient (Wildman–Crippen LogP) is 4.46. The van der Waals surface area contributed by atoms with Gasteiger partial charge in [0.2, 0.25) is 0 Å². The molecule has 2 aromatic carbocycles. The van der Waals surface area contributed by atoms with Gasteiger partial charge in [-0.2, -0.15) is 5.26 Å². The van der Waals surface area contributed by atoms with Crippen molar-refractivity contribution in [3.63, 3.8) is 0 Å². The minimum Gasteiger partial charge on any atom is -0.352 e. The number of halogens is 1. The highest BCUT2D eigenvalue weighted by Gasteiger charge is 2.27. The second-order valence-corrected chi connectivity index (χ2v) is 8.95. The van der Waals surface area contributed by atoms with Gasteiger partial charge >= 0.3 is 0 Å². The molecule has 9 heteroatoms. The molecular weight excluding hydrogens is 481 g/mol. The highest BCUT2D eigenvalue weighted by Crippen LogP contribution is 2.37. The van der Waals surface area contributed by atoms with E-state index in [1.807, 2.05) is 35.2 Å². The van der Waals surface area contributed by atoms with Crippen molar-refractivity contribution in [2.45, 2.75) is 0 Å². The molecule has 0 N–H and O–H groups in total. The molecule has 4 heterocycles. The van der Waals surface area contributed by atoms with E-state index in [-0.39, 0.29) is 11.7 Å². The standard InChI is InChI=1S/C29H22FN7O/c30-24-9-5-4-8-22(24)23-18-37(25-16-20(17-31)10-11-32-25)28-26(23)27(33-19-34-28)35-12-14-36(15-13-35)29(38)21-6-2-1-3-7-21/h1-11,16,18-19H,12-15H2. The van der Waals surface area contributed by atoms with Gasteiger partial charge in [0, 0.05) is 55.3 Å². The number of carbonyl (C=O) groups excluding carboxylic acids is 1. The molecule has 8 nitrogen and oxygen atoms in total. The molecule has 1 amide bonds. The van der Waals surface area contributed by atoms with E-state index in [1.165, 1.54) is 12.4 Å². The van der Waals surface area contributed by atoms with Crippen molar-refractivity contribution in [3.8, 4) is 23.0 Å². The van der Waals surface area contributed by atoms with Gasteiger partial charge in [-0.3, -0.25) is 9.36 Å². The third-order valence-electron chi connectivity index (χ3n) is 6.74. The number of nitriles is 1. The topological polar surface area (TPSA) is 90.9 Å². The molecule has 6 rings (SSSR count). The van der Waals surface area contributed by atoms with Crippen LogP contribution in [0.3, 0.4) is 0 Å². The number of hydrogen-bond donors (Lipinski definition) is 0. The molecule has 1 aliphatic heterocycles. The van der Waals surface area contributed by atoms with Gasteiger partial charge in [0.05, 0.1) is 17.0 Å². The molecule has 0 atom stereocenters. The second kappa shape index (κ2) is 9.75. The predicted molar refractivity (Wildman–Crippen MR) is 141 cm³/mol. The van der Waals surface area contributed by atoms with Gasteiger partial charge in [-0.25, -0.2) is 19.3 Å². The zero-order valence-electron chi connectivity index (χ0n) is 20.3. The Balaban J connectivity index is 1.42. The minimum atomic E-state index is -0.363. The van der Waals surface area contributed by atoms with E-state index in [4.69, 9.17) is 0 Å². The first kappa shape index (κ1) is 23.3. The molecule has 0 radical (unpaired) electrons. The summed E-state index contributed by atoms with van der Waals surface area (Å²) in [5, 5.41) is 10.1. The lowest BCUT2D eigenvalue weighted by Crippen LogP contribution is -2.49. The van der Waals surface area contributed by atoms with E-state index in [0.29, 0.717) is 71.1 Å². The van der Waals surface area contributed by atoms with Gasteiger partial charge in [0.1, 0.15) is 23.8 Å². The molecule has 38 heavy (non-hydrogen) atoms. The van der Waals surface area contributed by atoms with Gasteiger partial charge in [-0.05, 0) is 30.3 Å². The summed E-state index contributed by atoms with van der Waals surface area (Å²) in [6.07, 6.45) is 4.84. The minimum absolute atomic E-state index is 0.000248. The van der Waals surface area contributed by atoms with E-state index in [1.54, 1.807) is 47.3 Å². The lowest BCUT2D eigenvalue weighted by molar-refractivity contribution is 0.0746. The average molecular weight is 504 g/mol. The zero-order chi connectivity index (χ0) is 26.1. The van der Waals surface area contributed by atoms with E-state index in [0.717, 1.165) is 0 Å². The summed E-state index contributed by atoms with van der Waals surface area (Å²) in [6, 6.07) is 21.3. The fourth-order valence-electron chi connectivity index (χ4n) is 4.85. The van der Waals surface area contributed by atoms with Crippen LogP contribution in [-0.4, -0.2) is 56.5 Å². The number of carbonyl (C=O) groups is 1. The van der Waals surface area contributed by atoms with Crippen molar-refractivity contribution in [2.75, 3.05) is 31.1 Å². The second-order valence-electron chi connectivity index (χ2n) is 8.95. The van der Waals surface area contributed by atoms with Crippen LogP contribution in [0.2, 0.25) is 0 Å². The smallest absolute Gasteiger partial charge is 0.253 e. The monoisotopic (exact) mass is 503 g/mol. The SMILES string of the molecule is N#Cc1ccnc(-n2cc(-c3ccccc3F)c3c(N4CCN(C(=O)c5ccccc5)CC4)ncnc32)c1. The van der Waals surface area contributed by atoms with E-state index >= 15 is 4.39 Å². The number of pyridine rings is 1. The van der Waals surface area contributed by atoms with Crippen molar-refractivity contribution in [2.24, 2.45) is 0 Å². The Hall–Kier alpha value is -5.10. The molecule has 1 fully saturated rings. The molecule has 5 aromatic rings. The molecule has 186 valence electrons. The van der Waals surface area contributed by atoms with Crippen LogP contribution in [0.15, 0.2) is 85.5 Å². The lowest BCUT2D eigenvalue weighted by Gasteiger charge is -2.35. The summed E-state index contributed by atoms with van der Waals surface area (Å²) in [5.41, 5.74) is 2.72. The summed E-state index contributed by atoms with van der Waals surface area (Å²) in [7, 11) is 0. The Morgan fingerprint density at radius 1 is 0.895 bits per heavy atom. The van der Waals surface area contributed by atoms with E-state index in [2.05, 4.69) is 25.9 Å². The number of hydrogen-bond acceptors (Lipinski definition) is 6. The van der Waals surface area contributed by atoms with Crippen LogP contribution in [-0.2, 0) is 0 Å². The van der Waals surface area contributed by atoms with Gasteiger partial charge in [-0.15, -0.1) is 0 Å². The van der Waals surface area contributed by atoms with Crippen LogP contribution in [0.5, 0.6) is 0 Å². The van der Waals surface area contributed by atoms with E-state index in [9.17, 15) is 10.1 Å². The summed E-state index contributed by atoms with van der Waals surface area (Å²) in [5.74, 6) is 0.799. The third-order valence-corrected chi connectivity index (χ3v) is 6.74. The average Bonchev–Trinajstić information content (AvgIpc) is 3.37. The van der Waals surface area contributed by atoms with E-state index < -0.39 is 0 Å². The van der Waals surface area contributed by atoms with Gasteiger partial charge in [-0.1, -0.05) is 36.4 Å². The lowest BCUT2D eigenvalue weighted by atomic mass is 10.1. The number of benzene rings is 2. The maximum Gasteiger partial charge on any atom is 0.253 e. The number of aromatic nitrogens is 4.